The molecule has 0 fully saturated rings. The molecule has 0 aromatic heterocycles. The van der Waals surface area contributed by atoms with Gasteiger partial charge in [0.25, 0.3) is 0 Å². The molecule has 0 spiro atoms. The summed E-state index contributed by atoms with van der Waals surface area (Å²) < 4.78 is 72.2. The Morgan fingerprint density at radius 1 is 0.852 bits per heavy atom. The molecule has 0 N–H and O–H groups in total. The van der Waals surface area contributed by atoms with Crippen molar-refractivity contribution in [2.75, 3.05) is 6.61 Å². The van der Waals surface area contributed by atoms with Crippen molar-refractivity contribution in [1.29, 1.82) is 0 Å². The van der Waals surface area contributed by atoms with Crippen LogP contribution in [0.15, 0.2) is 52.3 Å². The molecule has 0 saturated heterocycles. The van der Waals surface area contributed by atoms with Crippen molar-refractivity contribution in [3.63, 3.8) is 0 Å². The largest absolute Gasteiger partial charge is 1.00 e. The first-order valence-electron chi connectivity index (χ1n) is 7.42. The van der Waals surface area contributed by atoms with Crippen LogP contribution in [0.1, 0.15) is 19.8 Å². The third-order valence-corrected chi connectivity index (χ3v) is 5.13. The van der Waals surface area contributed by atoms with Gasteiger partial charge in [0.15, 0.2) is 0 Å². The van der Waals surface area contributed by atoms with Gasteiger partial charge in [0.05, 0.1) is 16.4 Å². The van der Waals surface area contributed by atoms with Gasteiger partial charge in [-0.1, -0.05) is 25.5 Å². The third kappa shape index (κ3) is 7.77. The molecule has 0 atom stereocenters. The summed E-state index contributed by atoms with van der Waals surface area (Å²) in [5, 5.41) is 0. The van der Waals surface area contributed by atoms with Crippen LogP contribution in [0.5, 0.6) is 5.75 Å². The predicted octanol–water partition coefficient (Wildman–Crippen LogP) is -3.65. The normalized spacial score (nSPS) is 11.2. The zero-order chi connectivity index (χ0) is 18.7. The molecule has 0 heterocycles. The molecule has 2 aromatic carbocycles. The van der Waals surface area contributed by atoms with E-state index in [1.807, 2.05) is 6.92 Å². The van der Waals surface area contributed by atoms with Gasteiger partial charge in [0, 0.05) is 5.56 Å². The Balaban J connectivity index is 0.00000338. The smallest absolute Gasteiger partial charge is 0.744 e. The Kier molecular flexibility index (Phi) is 11.3. The summed E-state index contributed by atoms with van der Waals surface area (Å²) in [7, 11) is -9.19. The molecule has 0 aliphatic carbocycles. The first kappa shape index (κ1) is 27.1. The zero-order valence-electron chi connectivity index (χ0n) is 15.3. The van der Waals surface area contributed by atoms with Crippen molar-refractivity contribution < 1.29 is 89.8 Å². The molecule has 0 aliphatic heterocycles. The molecular weight excluding hydrogens is 414 g/mol. The van der Waals surface area contributed by atoms with Crippen molar-refractivity contribution in [3.8, 4) is 16.9 Å². The summed E-state index contributed by atoms with van der Waals surface area (Å²) >= 11 is 0. The molecule has 0 radical (unpaired) electrons. The average Bonchev–Trinajstić information content (AvgIpc) is 2.53. The number of unbranched alkanes of at least 4 members (excludes halogenated alkanes) is 1. The Morgan fingerprint density at radius 3 is 1.85 bits per heavy atom. The molecule has 0 bridgehead atoms. The van der Waals surface area contributed by atoms with Crippen LogP contribution in [-0.2, 0) is 20.2 Å². The fourth-order valence-corrected chi connectivity index (χ4v) is 3.10. The van der Waals surface area contributed by atoms with E-state index < -0.39 is 25.1 Å². The van der Waals surface area contributed by atoms with Crippen molar-refractivity contribution in [2.24, 2.45) is 0 Å². The van der Waals surface area contributed by atoms with Crippen LogP contribution >= 0.6 is 0 Å². The minimum Gasteiger partial charge on any atom is -0.744 e. The van der Waals surface area contributed by atoms with Crippen LogP contribution in [-0.4, -0.2) is 32.5 Å². The standard InChI is InChI=1S/C16H18O7S2.2Na/c1-2-3-10-23-16-11-14(25(20,21)22)8-9-15(16)12-4-6-13(7-5-12)24(17,18)19;;/h4-9,11H,2-3,10H2,1H3,(H,17,18,19)(H,20,21,22);;/q;2*+1/p-2. The Hall–Kier alpha value is 0.0600. The van der Waals surface area contributed by atoms with Gasteiger partial charge in [0.1, 0.15) is 26.0 Å². The Morgan fingerprint density at radius 2 is 1.37 bits per heavy atom. The van der Waals surface area contributed by atoms with E-state index in [1.165, 1.54) is 18.2 Å². The molecule has 136 valence electrons. The van der Waals surface area contributed by atoms with Crippen LogP contribution in [0.3, 0.4) is 0 Å². The van der Waals surface area contributed by atoms with E-state index in [2.05, 4.69) is 0 Å². The summed E-state index contributed by atoms with van der Waals surface area (Å²) in [6.45, 7) is 2.30. The van der Waals surface area contributed by atoms with E-state index in [0.29, 0.717) is 17.7 Å². The number of benzene rings is 2. The van der Waals surface area contributed by atoms with E-state index in [4.69, 9.17) is 4.74 Å². The van der Waals surface area contributed by atoms with Crippen molar-refractivity contribution >= 4 is 20.2 Å². The maximum absolute atomic E-state index is 11.2. The summed E-state index contributed by atoms with van der Waals surface area (Å²) in [5.41, 5.74) is 1.01. The van der Waals surface area contributed by atoms with Crippen molar-refractivity contribution in [3.05, 3.63) is 42.5 Å². The molecule has 0 saturated carbocycles. The van der Waals surface area contributed by atoms with E-state index in [1.54, 1.807) is 0 Å². The van der Waals surface area contributed by atoms with Gasteiger partial charge >= 0.3 is 59.1 Å². The number of hydrogen-bond acceptors (Lipinski definition) is 7. The molecule has 2 rings (SSSR count). The monoisotopic (exact) mass is 430 g/mol. The zero-order valence-corrected chi connectivity index (χ0v) is 21.0. The second-order valence-electron chi connectivity index (χ2n) is 5.29. The Bertz CT molecular complexity index is 957. The average molecular weight is 430 g/mol. The fourth-order valence-electron chi connectivity index (χ4n) is 2.14. The molecule has 0 unspecified atom stereocenters. The number of rotatable bonds is 7. The second-order valence-corrected chi connectivity index (χ2v) is 8.05. The molecule has 7 nitrogen and oxygen atoms in total. The van der Waals surface area contributed by atoms with Crippen LogP contribution in [0, 0.1) is 0 Å². The third-order valence-electron chi connectivity index (χ3n) is 3.45. The first-order valence-corrected chi connectivity index (χ1v) is 10.2. The molecular formula is C16H16Na2O7S2. The number of ether oxygens (including phenoxy) is 1. The molecule has 11 heteroatoms. The SMILES string of the molecule is CCCCOc1cc(S(=O)(=O)[O-])ccc1-c1ccc(S(=O)(=O)[O-])cc1.[Na+].[Na+]. The quantitative estimate of drug-likeness (QED) is 0.252. The van der Waals surface area contributed by atoms with E-state index in [9.17, 15) is 25.9 Å². The van der Waals surface area contributed by atoms with Gasteiger partial charge in [-0.25, -0.2) is 16.8 Å². The summed E-state index contributed by atoms with van der Waals surface area (Å²) in [6.07, 6.45) is 1.60. The molecule has 0 aliphatic rings. The molecule has 2 aromatic rings. The maximum atomic E-state index is 11.2. The predicted molar refractivity (Wildman–Crippen MR) is 88.2 cm³/mol. The van der Waals surface area contributed by atoms with E-state index in [-0.39, 0.29) is 69.8 Å². The van der Waals surface area contributed by atoms with Gasteiger partial charge in [-0.05, 0) is 42.3 Å². The summed E-state index contributed by atoms with van der Waals surface area (Å²) in [4.78, 5) is -0.787. The Labute approximate surface area is 203 Å². The topological polar surface area (TPSA) is 124 Å². The van der Waals surface area contributed by atoms with Crippen molar-refractivity contribution in [1.82, 2.24) is 0 Å². The summed E-state index contributed by atoms with van der Waals surface area (Å²) in [6, 6.07) is 8.86. The fraction of sp³-hybridized carbons (Fsp3) is 0.250. The minimum absolute atomic E-state index is 0. The van der Waals surface area contributed by atoms with Crippen LogP contribution in [0.4, 0.5) is 0 Å². The van der Waals surface area contributed by atoms with Gasteiger partial charge in [-0.2, -0.15) is 0 Å². The van der Waals surface area contributed by atoms with Gasteiger partial charge in [0.2, 0.25) is 0 Å². The van der Waals surface area contributed by atoms with E-state index in [0.717, 1.165) is 37.1 Å². The van der Waals surface area contributed by atoms with Crippen molar-refractivity contribution in [2.45, 2.75) is 29.6 Å². The van der Waals surface area contributed by atoms with Gasteiger partial charge in [-0.3, -0.25) is 0 Å². The number of hydrogen-bond donors (Lipinski definition) is 0. The first-order chi connectivity index (χ1) is 11.6. The van der Waals surface area contributed by atoms with Crippen LogP contribution in [0.2, 0.25) is 0 Å². The van der Waals surface area contributed by atoms with Gasteiger partial charge < -0.3 is 13.8 Å². The molecule has 27 heavy (non-hydrogen) atoms. The minimum atomic E-state index is -4.63. The van der Waals surface area contributed by atoms with Crippen LogP contribution < -0.4 is 63.9 Å². The van der Waals surface area contributed by atoms with Gasteiger partial charge in [-0.15, -0.1) is 0 Å². The second kappa shape index (κ2) is 11.3. The van der Waals surface area contributed by atoms with Crippen LogP contribution in [0.25, 0.3) is 11.1 Å². The summed E-state index contributed by atoms with van der Waals surface area (Å²) in [5.74, 6) is 0.197. The maximum Gasteiger partial charge on any atom is 1.00 e. The molecule has 0 amide bonds. The van der Waals surface area contributed by atoms with E-state index >= 15 is 0 Å².